The third-order valence-electron chi connectivity index (χ3n) is 1.98. The van der Waals surface area contributed by atoms with Crippen molar-refractivity contribution in [1.29, 1.82) is 5.26 Å². The highest BCUT2D eigenvalue weighted by atomic mass is 32.2. The summed E-state index contributed by atoms with van der Waals surface area (Å²) in [6, 6.07) is -0.448. The zero-order chi connectivity index (χ0) is 13.8. The SMILES string of the molecule is C/N=C(\NC#N)NCCSCC(=O)C(C)NC=O. The van der Waals surface area contributed by atoms with Crippen molar-refractivity contribution in [2.45, 2.75) is 13.0 Å². The number of guanidine groups is 1. The number of Topliss-reactive ketones (excluding diaryl/α,β-unsaturated/α-hetero) is 1. The summed E-state index contributed by atoms with van der Waals surface area (Å²) in [4.78, 5) is 25.4. The van der Waals surface area contributed by atoms with Crippen LogP contribution in [0.1, 0.15) is 6.92 Å². The molecule has 0 aromatic carbocycles. The smallest absolute Gasteiger partial charge is 0.207 e. The maximum atomic E-state index is 11.4. The largest absolute Gasteiger partial charge is 0.355 e. The quantitative estimate of drug-likeness (QED) is 0.131. The number of hydrogen-bond donors (Lipinski definition) is 3. The Morgan fingerprint density at radius 3 is 2.89 bits per heavy atom. The second-order valence-corrected chi connectivity index (χ2v) is 4.37. The molecule has 8 heteroatoms. The van der Waals surface area contributed by atoms with Gasteiger partial charge in [-0.2, -0.15) is 17.0 Å². The number of amides is 1. The summed E-state index contributed by atoms with van der Waals surface area (Å²) in [5.41, 5.74) is 0. The third-order valence-corrected chi connectivity index (χ3v) is 2.96. The fourth-order valence-electron chi connectivity index (χ4n) is 0.966. The van der Waals surface area contributed by atoms with Gasteiger partial charge in [0, 0.05) is 19.3 Å². The molecule has 0 aliphatic heterocycles. The molecule has 0 spiro atoms. The van der Waals surface area contributed by atoms with E-state index in [4.69, 9.17) is 5.26 Å². The highest BCUT2D eigenvalue weighted by Gasteiger charge is 2.10. The van der Waals surface area contributed by atoms with Crippen molar-refractivity contribution in [3.8, 4) is 6.19 Å². The molecule has 18 heavy (non-hydrogen) atoms. The first-order chi connectivity index (χ1) is 8.65. The van der Waals surface area contributed by atoms with Gasteiger partial charge in [0.25, 0.3) is 0 Å². The summed E-state index contributed by atoms with van der Waals surface area (Å²) in [5.74, 6) is 1.42. The Kier molecular flexibility index (Phi) is 9.40. The van der Waals surface area contributed by atoms with Crippen LogP contribution in [-0.2, 0) is 9.59 Å². The Labute approximate surface area is 110 Å². The highest BCUT2D eigenvalue weighted by molar-refractivity contribution is 7.99. The summed E-state index contributed by atoms with van der Waals surface area (Å²) in [6.45, 7) is 2.24. The molecule has 0 bridgehead atoms. The topological polar surface area (TPSA) is 106 Å². The lowest BCUT2D eigenvalue weighted by Gasteiger charge is -2.09. The first kappa shape index (κ1) is 16.2. The van der Waals surface area contributed by atoms with Crippen LogP contribution in [-0.4, -0.2) is 49.3 Å². The van der Waals surface area contributed by atoms with Crippen molar-refractivity contribution < 1.29 is 9.59 Å². The molecule has 0 heterocycles. The molecule has 0 aromatic rings. The van der Waals surface area contributed by atoms with E-state index in [1.165, 1.54) is 11.8 Å². The summed E-state index contributed by atoms with van der Waals surface area (Å²) >= 11 is 1.45. The van der Waals surface area contributed by atoms with Crippen LogP contribution in [0.2, 0.25) is 0 Å². The Morgan fingerprint density at radius 1 is 1.61 bits per heavy atom. The number of aliphatic imine (C=N–C) groups is 1. The summed E-state index contributed by atoms with van der Waals surface area (Å²) in [5, 5.41) is 16.1. The number of rotatable bonds is 8. The van der Waals surface area contributed by atoms with Crippen molar-refractivity contribution in [3.63, 3.8) is 0 Å². The van der Waals surface area contributed by atoms with Gasteiger partial charge in [-0.25, -0.2) is 0 Å². The van der Waals surface area contributed by atoms with E-state index in [1.54, 1.807) is 20.2 Å². The molecule has 0 aliphatic carbocycles. The molecule has 0 aliphatic rings. The molecule has 7 nitrogen and oxygen atoms in total. The molecule has 3 N–H and O–H groups in total. The van der Waals surface area contributed by atoms with Crippen LogP contribution in [0.15, 0.2) is 4.99 Å². The normalized spacial score (nSPS) is 12.2. The van der Waals surface area contributed by atoms with Crippen LogP contribution in [0.4, 0.5) is 0 Å². The van der Waals surface area contributed by atoms with Gasteiger partial charge in [0.15, 0.2) is 12.0 Å². The van der Waals surface area contributed by atoms with Crippen LogP contribution in [0.3, 0.4) is 0 Å². The zero-order valence-corrected chi connectivity index (χ0v) is 11.2. The summed E-state index contributed by atoms with van der Waals surface area (Å²) in [7, 11) is 1.57. The lowest BCUT2D eigenvalue weighted by molar-refractivity contribution is -0.121. The zero-order valence-electron chi connectivity index (χ0n) is 10.4. The maximum Gasteiger partial charge on any atom is 0.207 e. The van der Waals surface area contributed by atoms with E-state index in [9.17, 15) is 9.59 Å². The first-order valence-corrected chi connectivity index (χ1v) is 6.47. The predicted molar refractivity (Wildman–Crippen MR) is 71.1 cm³/mol. The van der Waals surface area contributed by atoms with Crippen LogP contribution in [0.5, 0.6) is 0 Å². The van der Waals surface area contributed by atoms with E-state index in [-0.39, 0.29) is 5.78 Å². The molecule has 0 saturated carbocycles. The third kappa shape index (κ3) is 7.51. The van der Waals surface area contributed by atoms with Crippen LogP contribution >= 0.6 is 11.8 Å². The Balaban J connectivity index is 3.65. The van der Waals surface area contributed by atoms with Crippen molar-refractivity contribution in [1.82, 2.24) is 16.0 Å². The van der Waals surface area contributed by atoms with Crippen molar-refractivity contribution in [2.24, 2.45) is 4.99 Å². The van der Waals surface area contributed by atoms with Crippen LogP contribution < -0.4 is 16.0 Å². The molecule has 0 rings (SSSR count). The molecule has 0 radical (unpaired) electrons. The van der Waals surface area contributed by atoms with Gasteiger partial charge in [0.2, 0.25) is 12.4 Å². The minimum absolute atomic E-state index is 0.0216. The second-order valence-electron chi connectivity index (χ2n) is 3.26. The van der Waals surface area contributed by atoms with Gasteiger partial charge >= 0.3 is 0 Å². The second kappa shape index (κ2) is 10.4. The molecular weight excluding hydrogens is 254 g/mol. The predicted octanol–water partition coefficient (Wildman–Crippen LogP) is -0.931. The minimum atomic E-state index is -0.448. The molecule has 0 aromatic heterocycles. The van der Waals surface area contributed by atoms with Crippen LogP contribution in [0.25, 0.3) is 0 Å². The Hall–Kier alpha value is -1.75. The maximum absolute atomic E-state index is 11.4. The van der Waals surface area contributed by atoms with Gasteiger partial charge in [-0.15, -0.1) is 0 Å². The number of nitrogens with one attached hydrogen (secondary N) is 3. The van der Waals surface area contributed by atoms with E-state index in [2.05, 4.69) is 20.9 Å². The Morgan fingerprint density at radius 2 is 2.33 bits per heavy atom. The van der Waals surface area contributed by atoms with Gasteiger partial charge < -0.3 is 10.6 Å². The van der Waals surface area contributed by atoms with Crippen molar-refractivity contribution in [3.05, 3.63) is 0 Å². The van der Waals surface area contributed by atoms with E-state index < -0.39 is 6.04 Å². The first-order valence-electron chi connectivity index (χ1n) is 5.31. The van der Waals surface area contributed by atoms with E-state index in [0.29, 0.717) is 30.4 Å². The lowest BCUT2D eigenvalue weighted by atomic mass is 10.2. The molecule has 1 atom stereocenters. The monoisotopic (exact) mass is 271 g/mol. The molecule has 1 amide bonds. The highest BCUT2D eigenvalue weighted by Crippen LogP contribution is 2.00. The number of carbonyl (C=O) groups excluding carboxylic acids is 2. The minimum Gasteiger partial charge on any atom is -0.355 e. The Bertz CT molecular complexity index is 340. The summed E-state index contributed by atoms with van der Waals surface area (Å²) in [6.07, 6.45) is 2.28. The fourth-order valence-corrected chi connectivity index (χ4v) is 1.81. The summed E-state index contributed by atoms with van der Waals surface area (Å²) < 4.78 is 0. The molecule has 0 saturated heterocycles. The van der Waals surface area contributed by atoms with Crippen molar-refractivity contribution >= 4 is 29.9 Å². The lowest BCUT2D eigenvalue weighted by Crippen LogP contribution is -2.36. The van der Waals surface area contributed by atoms with E-state index in [0.717, 1.165) is 0 Å². The van der Waals surface area contributed by atoms with Gasteiger partial charge in [-0.3, -0.25) is 19.9 Å². The standard InChI is InChI=1S/C10H17N5O2S/c1-8(15-7-16)9(17)5-18-4-3-13-10(12-2)14-6-11/h7-8H,3-5H2,1-2H3,(H,15,16)(H2,12,13,14). The van der Waals surface area contributed by atoms with Crippen LogP contribution in [0, 0.1) is 11.5 Å². The molecular formula is C10H17N5O2S. The average Bonchev–Trinajstić information content (AvgIpc) is 2.37. The molecule has 1 unspecified atom stereocenters. The number of ketones is 1. The number of thioether (sulfide) groups is 1. The number of hydrogen-bond acceptors (Lipinski definition) is 5. The van der Waals surface area contributed by atoms with Crippen molar-refractivity contribution in [2.75, 3.05) is 25.1 Å². The van der Waals surface area contributed by atoms with Gasteiger partial charge in [-0.1, -0.05) is 0 Å². The number of carbonyl (C=O) groups is 2. The molecule has 0 fully saturated rings. The molecule has 100 valence electrons. The van der Waals surface area contributed by atoms with Gasteiger partial charge in [-0.05, 0) is 6.92 Å². The fraction of sp³-hybridized carbons (Fsp3) is 0.600. The van der Waals surface area contributed by atoms with Gasteiger partial charge in [0.1, 0.15) is 0 Å². The van der Waals surface area contributed by atoms with E-state index >= 15 is 0 Å². The number of nitriles is 1. The van der Waals surface area contributed by atoms with Gasteiger partial charge in [0.05, 0.1) is 11.8 Å². The number of nitrogens with zero attached hydrogens (tertiary/aromatic N) is 2. The average molecular weight is 271 g/mol. The van der Waals surface area contributed by atoms with E-state index in [1.807, 2.05) is 0 Å².